The summed E-state index contributed by atoms with van der Waals surface area (Å²) in [4.78, 5) is 4.48. The summed E-state index contributed by atoms with van der Waals surface area (Å²) in [6.07, 6.45) is 1.84. The Balaban J connectivity index is 0.000000223. The van der Waals surface area contributed by atoms with Crippen molar-refractivity contribution < 1.29 is 10.2 Å². The molecule has 4 rings (SSSR count). The van der Waals surface area contributed by atoms with Crippen molar-refractivity contribution in [1.82, 2.24) is 9.80 Å². The summed E-state index contributed by atoms with van der Waals surface area (Å²) < 4.78 is 0. The molecule has 0 radical (unpaired) electrons. The predicted molar refractivity (Wildman–Crippen MR) is 145 cm³/mol. The Hall–Kier alpha value is -3.01. The fourth-order valence-electron chi connectivity index (χ4n) is 4.88. The van der Waals surface area contributed by atoms with Crippen molar-refractivity contribution in [3.8, 4) is 6.07 Å². The number of likely N-dealkylation sites (tertiary alicyclic amines) is 1. The number of piperidine rings is 1. The van der Waals surface area contributed by atoms with Crippen LogP contribution in [-0.4, -0.2) is 59.4 Å². The summed E-state index contributed by atoms with van der Waals surface area (Å²) >= 11 is 0. The average molecular weight is 486 g/mol. The third-order valence-electron chi connectivity index (χ3n) is 6.91. The molecule has 1 saturated heterocycles. The van der Waals surface area contributed by atoms with Gasteiger partial charge in [-0.2, -0.15) is 5.26 Å². The van der Waals surface area contributed by atoms with Gasteiger partial charge in [-0.05, 0) is 42.0 Å². The number of hydrogen-bond acceptors (Lipinski definition) is 5. The first-order chi connectivity index (χ1) is 17.6. The molecule has 0 unspecified atom stereocenters. The summed E-state index contributed by atoms with van der Waals surface area (Å²) in [6.45, 7) is 7.32. The summed E-state index contributed by atoms with van der Waals surface area (Å²) in [6, 6.07) is 31.6. The van der Waals surface area contributed by atoms with Gasteiger partial charge in [0.05, 0.1) is 24.7 Å². The molecule has 0 saturated carbocycles. The maximum absolute atomic E-state index is 9.83. The molecule has 0 aromatic heterocycles. The Morgan fingerprint density at radius 3 is 1.86 bits per heavy atom. The molecule has 36 heavy (non-hydrogen) atoms. The van der Waals surface area contributed by atoms with E-state index in [4.69, 9.17) is 10.2 Å². The van der Waals surface area contributed by atoms with Crippen LogP contribution in [0.3, 0.4) is 0 Å². The average Bonchev–Trinajstić information content (AvgIpc) is 2.92. The van der Waals surface area contributed by atoms with E-state index in [1.54, 1.807) is 0 Å². The monoisotopic (exact) mass is 485 g/mol. The standard InChI is InChI=1S/C20H22N2.C11H17NO2/c1-17-7-5-6-10-19(17)20(16-21)11-13-22(14-12-20)15-18-8-3-2-4-9-18;13-8-6-12(7-9-14)10-11-4-2-1-3-5-11/h2-10H,11-15H2,1H3;1-5,13-14H,6-10H2. The maximum atomic E-state index is 9.83. The number of aliphatic hydroxyl groups is 2. The zero-order valence-electron chi connectivity index (χ0n) is 21.4. The number of aryl methyl sites for hydroxylation is 1. The van der Waals surface area contributed by atoms with E-state index in [2.05, 4.69) is 72.5 Å². The molecule has 0 bridgehead atoms. The van der Waals surface area contributed by atoms with Gasteiger partial charge in [0.25, 0.3) is 0 Å². The van der Waals surface area contributed by atoms with E-state index in [1.807, 2.05) is 35.2 Å². The van der Waals surface area contributed by atoms with E-state index < -0.39 is 0 Å². The Labute approximate surface area is 216 Å². The third-order valence-corrected chi connectivity index (χ3v) is 6.91. The van der Waals surface area contributed by atoms with E-state index in [9.17, 15) is 5.26 Å². The van der Waals surface area contributed by atoms with E-state index in [-0.39, 0.29) is 18.6 Å². The molecule has 5 nitrogen and oxygen atoms in total. The van der Waals surface area contributed by atoms with Crippen LogP contribution in [0, 0.1) is 18.3 Å². The number of nitriles is 1. The van der Waals surface area contributed by atoms with Crippen LogP contribution < -0.4 is 0 Å². The summed E-state index contributed by atoms with van der Waals surface area (Å²) in [7, 11) is 0. The zero-order chi connectivity index (χ0) is 25.6. The van der Waals surface area contributed by atoms with E-state index in [1.165, 1.54) is 22.3 Å². The molecular weight excluding hydrogens is 446 g/mol. The van der Waals surface area contributed by atoms with Crippen LogP contribution in [0.5, 0.6) is 0 Å². The molecule has 5 heteroatoms. The second kappa shape index (κ2) is 14.5. The summed E-state index contributed by atoms with van der Waals surface area (Å²) in [5.41, 5.74) is 4.70. The van der Waals surface area contributed by atoms with Crippen LogP contribution in [0.25, 0.3) is 0 Å². The maximum Gasteiger partial charge on any atom is 0.0849 e. The highest BCUT2D eigenvalue weighted by molar-refractivity contribution is 5.39. The van der Waals surface area contributed by atoms with Gasteiger partial charge in [-0.25, -0.2) is 0 Å². The minimum absolute atomic E-state index is 0.132. The van der Waals surface area contributed by atoms with Crippen LogP contribution in [0.4, 0.5) is 0 Å². The molecule has 2 N–H and O–H groups in total. The second-order valence-electron chi connectivity index (χ2n) is 9.48. The van der Waals surface area contributed by atoms with Gasteiger partial charge < -0.3 is 10.2 Å². The van der Waals surface area contributed by atoms with Crippen molar-refractivity contribution >= 4 is 0 Å². The van der Waals surface area contributed by atoms with Gasteiger partial charge >= 0.3 is 0 Å². The highest BCUT2D eigenvalue weighted by atomic mass is 16.3. The van der Waals surface area contributed by atoms with Crippen molar-refractivity contribution in [1.29, 1.82) is 5.26 Å². The molecule has 3 aromatic carbocycles. The Kier molecular flexibility index (Phi) is 11.1. The van der Waals surface area contributed by atoms with Crippen LogP contribution in [-0.2, 0) is 18.5 Å². The van der Waals surface area contributed by atoms with E-state index in [0.717, 1.165) is 39.0 Å². The Morgan fingerprint density at radius 2 is 1.33 bits per heavy atom. The number of hydrogen-bond donors (Lipinski definition) is 2. The molecule has 1 aliphatic rings. The van der Waals surface area contributed by atoms with Gasteiger partial charge in [0.1, 0.15) is 0 Å². The lowest BCUT2D eigenvalue weighted by molar-refractivity contribution is 0.156. The summed E-state index contributed by atoms with van der Waals surface area (Å²) in [5, 5.41) is 27.5. The SMILES string of the molecule is Cc1ccccc1C1(C#N)CCN(Cc2ccccc2)CC1.OCCN(CCO)Cc1ccccc1. The minimum atomic E-state index is -0.307. The lowest BCUT2D eigenvalue weighted by Crippen LogP contribution is -2.41. The van der Waals surface area contributed by atoms with Gasteiger partial charge in [0.15, 0.2) is 0 Å². The molecule has 0 spiro atoms. The van der Waals surface area contributed by atoms with Crippen molar-refractivity contribution in [2.24, 2.45) is 0 Å². The molecule has 3 aromatic rings. The van der Waals surface area contributed by atoms with Gasteiger partial charge in [-0.15, -0.1) is 0 Å². The first-order valence-corrected chi connectivity index (χ1v) is 12.8. The predicted octanol–water partition coefficient (Wildman–Crippen LogP) is 4.53. The lowest BCUT2D eigenvalue weighted by Gasteiger charge is -2.38. The van der Waals surface area contributed by atoms with Gasteiger partial charge in [0, 0.05) is 39.3 Å². The second-order valence-corrected chi connectivity index (χ2v) is 9.48. The Morgan fingerprint density at radius 1 is 0.806 bits per heavy atom. The largest absolute Gasteiger partial charge is 0.395 e. The number of nitrogens with zero attached hydrogens (tertiary/aromatic N) is 3. The highest BCUT2D eigenvalue weighted by Crippen LogP contribution is 2.37. The number of rotatable bonds is 9. The summed E-state index contributed by atoms with van der Waals surface area (Å²) in [5.74, 6) is 0. The zero-order valence-corrected chi connectivity index (χ0v) is 21.4. The van der Waals surface area contributed by atoms with E-state index >= 15 is 0 Å². The Bertz CT molecular complexity index is 1050. The molecule has 1 aliphatic heterocycles. The molecular formula is C31H39N3O2. The first-order valence-electron chi connectivity index (χ1n) is 12.8. The quantitative estimate of drug-likeness (QED) is 0.466. The van der Waals surface area contributed by atoms with Crippen molar-refractivity contribution in [3.63, 3.8) is 0 Å². The molecule has 0 amide bonds. The van der Waals surface area contributed by atoms with Gasteiger partial charge in [-0.3, -0.25) is 9.80 Å². The van der Waals surface area contributed by atoms with Crippen LogP contribution in [0.1, 0.15) is 35.1 Å². The molecule has 190 valence electrons. The minimum Gasteiger partial charge on any atom is -0.395 e. The molecule has 1 heterocycles. The normalized spacial score (nSPS) is 15.1. The fourth-order valence-corrected chi connectivity index (χ4v) is 4.88. The van der Waals surface area contributed by atoms with Crippen molar-refractivity contribution in [2.75, 3.05) is 39.4 Å². The van der Waals surface area contributed by atoms with E-state index in [0.29, 0.717) is 13.1 Å². The fraction of sp³-hybridized carbons (Fsp3) is 0.387. The smallest absolute Gasteiger partial charge is 0.0849 e. The van der Waals surface area contributed by atoms with Gasteiger partial charge in [-0.1, -0.05) is 84.9 Å². The topological polar surface area (TPSA) is 70.7 Å². The van der Waals surface area contributed by atoms with Crippen molar-refractivity contribution in [2.45, 2.75) is 38.3 Å². The van der Waals surface area contributed by atoms with Crippen LogP contribution in [0.2, 0.25) is 0 Å². The van der Waals surface area contributed by atoms with Crippen LogP contribution >= 0.6 is 0 Å². The lowest BCUT2D eigenvalue weighted by atomic mass is 9.72. The first kappa shape index (κ1) is 27.6. The molecule has 0 aliphatic carbocycles. The highest BCUT2D eigenvalue weighted by Gasteiger charge is 2.37. The molecule has 0 atom stereocenters. The van der Waals surface area contributed by atoms with Crippen molar-refractivity contribution in [3.05, 3.63) is 107 Å². The number of benzene rings is 3. The molecule has 1 fully saturated rings. The number of aliphatic hydroxyl groups excluding tert-OH is 2. The van der Waals surface area contributed by atoms with Gasteiger partial charge in [0.2, 0.25) is 0 Å². The third kappa shape index (κ3) is 8.01. The van der Waals surface area contributed by atoms with Crippen LogP contribution in [0.15, 0.2) is 84.9 Å².